The number of alkyl halides is 2. The van der Waals surface area contributed by atoms with E-state index in [0.29, 0.717) is 16.0 Å². The minimum Gasteiger partial charge on any atom is -0.496 e. The molecule has 0 N–H and O–H groups in total. The van der Waals surface area contributed by atoms with Gasteiger partial charge in [0.15, 0.2) is 0 Å². The van der Waals surface area contributed by atoms with E-state index in [-0.39, 0.29) is 5.82 Å². The summed E-state index contributed by atoms with van der Waals surface area (Å²) >= 11 is 0. The molecule has 1 aromatic heterocycles. The summed E-state index contributed by atoms with van der Waals surface area (Å²) in [7, 11) is 1.50. The maximum absolute atomic E-state index is 12.7. The second kappa shape index (κ2) is 4.83. The average molecular weight is 269 g/mol. The summed E-state index contributed by atoms with van der Waals surface area (Å²) in [6.45, 7) is 0.290. The second-order valence-corrected chi connectivity index (χ2v) is 4.04. The van der Waals surface area contributed by atoms with E-state index in [1.807, 2.05) is 6.92 Å². The molecule has 0 atom stereocenters. The lowest BCUT2D eigenvalue weighted by Gasteiger charge is -2.06. The number of aryl methyl sites for hydroxylation is 2. The first-order valence-corrected chi connectivity index (χ1v) is 5.57. The van der Waals surface area contributed by atoms with Crippen LogP contribution in [0.15, 0.2) is 23.0 Å². The fourth-order valence-electron chi connectivity index (χ4n) is 1.81. The van der Waals surface area contributed by atoms with Crippen LogP contribution in [0.25, 0.3) is 5.69 Å². The first-order chi connectivity index (χ1) is 8.95. The van der Waals surface area contributed by atoms with Crippen LogP contribution >= 0.6 is 0 Å². The monoisotopic (exact) mass is 269 g/mol. The molecule has 0 fully saturated rings. The van der Waals surface area contributed by atoms with Crippen LogP contribution in [0.2, 0.25) is 0 Å². The zero-order chi connectivity index (χ0) is 14.2. The van der Waals surface area contributed by atoms with Crippen LogP contribution < -0.4 is 10.4 Å². The van der Waals surface area contributed by atoms with Crippen LogP contribution in [0, 0.1) is 13.8 Å². The predicted molar refractivity (Wildman–Crippen MR) is 65.1 cm³/mol. The van der Waals surface area contributed by atoms with Gasteiger partial charge in [0, 0.05) is 6.07 Å². The molecule has 0 aliphatic heterocycles. The first kappa shape index (κ1) is 13.3. The van der Waals surface area contributed by atoms with Crippen molar-refractivity contribution in [3.8, 4) is 11.4 Å². The molecule has 19 heavy (non-hydrogen) atoms. The van der Waals surface area contributed by atoms with Crippen LogP contribution in [-0.4, -0.2) is 21.5 Å². The second-order valence-electron chi connectivity index (χ2n) is 4.04. The minimum absolute atomic E-state index is 0.0421. The molecule has 0 saturated heterocycles. The largest absolute Gasteiger partial charge is 0.496 e. The van der Waals surface area contributed by atoms with Gasteiger partial charge in [0.2, 0.25) is 0 Å². The molecule has 7 heteroatoms. The van der Waals surface area contributed by atoms with E-state index >= 15 is 0 Å². The predicted octanol–water partition coefficient (Wildman–Crippen LogP) is 2.05. The Morgan fingerprint density at radius 2 is 2.00 bits per heavy atom. The molecule has 102 valence electrons. The van der Waals surface area contributed by atoms with Crippen molar-refractivity contribution in [3.05, 3.63) is 40.1 Å². The van der Waals surface area contributed by atoms with Gasteiger partial charge in [-0.25, -0.2) is 9.36 Å². The molecule has 0 unspecified atom stereocenters. The number of methoxy groups -OCH3 is 1. The number of ether oxygens (including phenoxy) is 1. The number of nitrogens with zero attached hydrogens (tertiary/aromatic N) is 3. The first-order valence-electron chi connectivity index (χ1n) is 5.57. The van der Waals surface area contributed by atoms with Crippen molar-refractivity contribution in [1.82, 2.24) is 14.3 Å². The Morgan fingerprint density at radius 3 is 2.53 bits per heavy atom. The van der Waals surface area contributed by atoms with Crippen molar-refractivity contribution in [2.45, 2.75) is 20.4 Å². The highest BCUT2D eigenvalue weighted by atomic mass is 19.3. The number of hydrogen-bond acceptors (Lipinski definition) is 3. The molecule has 0 amide bonds. The molecule has 1 aromatic carbocycles. The highest BCUT2D eigenvalue weighted by Gasteiger charge is 2.18. The van der Waals surface area contributed by atoms with Crippen molar-refractivity contribution < 1.29 is 13.5 Å². The molecule has 0 saturated carbocycles. The Kier molecular flexibility index (Phi) is 3.37. The van der Waals surface area contributed by atoms with Crippen molar-refractivity contribution in [2.75, 3.05) is 7.11 Å². The Labute approximate surface area is 108 Å². The molecule has 0 radical (unpaired) electrons. The summed E-state index contributed by atoms with van der Waals surface area (Å²) in [5.74, 6) is 0.521. The van der Waals surface area contributed by atoms with Crippen LogP contribution in [0.3, 0.4) is 0 Å². The molecule has 1 heterocycles. The molecular weight excluding hydrogens is 256 g/mol. The Morgan fingerprint density at radius 1 is 1.32 bits per heavy atom. The summed E-state index contributed by atoms with van der Waals surface area (Å²) in [6, 6.07) is 4.94. The van der Waals surface area contributed by atoms with E-state index in [1.54, 1.807) is 18.2 Å². The van der Waals surface area contributed by atoms with Gasteiger partial charge in [0.05, 0.1) is 12.8 Å². The molecule has 2 rings (SSSR count). The Bertz CT molecular complexity index is 661. The maximum atomic E-state index is 12.7. The van der Waals surface area contributed by atoms with Crippen LogP contribution in [0.1, 0.15) is 17.9 Å². The average Bonchev–Trinajstić information content (AvgIpc) is 2.65. The highest BCUT2D eigenvalue weighted by molar-refractivity contribution is 5.43. The van der Waals surface area contributed by atoms with Gasteiger partial charge in [0.1, 0.15) is 11.6 Å². The summed E-state index contributed by atoms with van der Waals surface area (Å²) in [5.41, 5.74) is 0.387. The SMILES string of the molecule is COc1cc(-n2nc(C)n(C(F)F)c2=O)ccc1C. The molecule has 0 aliphatic carbocycles. The molecule has 0 spiro atoms. The van der Waals surface area contributed by atoms with Crippen molar-refractivity contribution in [1.29, 1.82) is 0 Å². The third-order valence-corrected chi connectivity index (χ3v) is 2.81. The summed E-state index contributed by atoms with van der Waals surface area (Å²) in [6.07, 6.45) is 0. The quantitative estimate of drug-likeness (QED) is 0.857. The number of rotatable bonds is 3. The lowest BCUT2D eigenvalue weighted by molar-refractivity contribution is 0.0640. The van der Waals surface area contributed by atoms with Gasteiger partial charge in [-0.05, 0) is 25.5 Å². The van der Waals surface area contributed by atoms with Crippen molar-refractivity contribution in [2.24, 2.45) is 0 Å². The molecule has 2 aromatic rings. The standard InChI is InChI=1S/C12H13F2N3O2/c1-7-4-5-9(6-10(7)19-3)17-12(18)16(11(13)14)8(2)15-17/h4-6,11H,1-3H3. The minimum atomic E-state index is -2.91. The number of aromatic nitrogens is 3. The third-order valence-electron chi connectivity index (χ3n) is 2.81. The summed E-state index contributed by atoms with van der Waals surface area (Å²) in [5, 5.41) is 3.84. The molecule has 0 bridgehead atoms. The highest BCUT2D eigenvalue weighted by Crippen LogP contribution is 2.20. The van der Waals surface area contributed by atoms with Gasteiger partial charge >= 0.3 is 12.2 Å². The zero-order valence-corrected chi connectivity index (χ0v) is 10.7. The maximum Gasteiger partial charge on any atom is 0.355 e. The van der Waals surface area contributed by atoms with E-state index < -0.39 is 12.2 Å². The van der Waals surface area contributed by atoms with E-state index in [2.05, 4.69) is 5.10 Å². The Hall–Kier alpha value is -2.18. The smallest absolute Gasteiger partial charge is 0.355 e. The lowest BCUT2D eigenvalue weighted by atomic mass is 10.2. The normalized spacial score (nSPS) is 11.1. The van der Waals surface area contributed by atoms with Crippen molar-refractivity contribution >= 4 is 0 Å². The van der Waals surface area contributed by atoms with Gasteiger partial charge in [-0.3, -0.25) is 0 Å². The van der Waals surface area contributed by atoms with E-state index in [0.717, 1.165) is 10.2 Å². The zero-order valence-electron chi connectivity index (χ0n) is 10.7. The van der Waals surface area contributed by atoms with Crippen LogP contribution in [-0.2, 0) is 0 Å². The van der Waals surface area contributed by atoms with Gasteiger partial charge in [-0.15, -0.1) is 0 Å². The topological polar surface area (TPSA) is 49.0 Å². The van der Waals surface area contributed by atoms with Gasteiger partial charge < -0.3 is 4.74 Å². The molecular formula is C12H13F2N3O2. The van der Waals surface area contributed by atoms with E-state index in [9.17, 15) is 13.6 Å². The van der Waals surface area contributed by atoms with Gasteiger partial charge in [-0.1, -0.05) is 6.07 Å². The Balaban J connectivity index is 2.60. The van der Waals surface area contributed by atoms with Crippen LogP contribution in [0.5, 0.6) is 5.75 Å². The molecule has 5 nitrogen and oxygen atoms in total. The molecule has 0 aliphatic rings. The number of halogens is 2. The van der Waals surface area contributed by atoms with E-state index in [4.69, 9.17) is 4.74 Å². The van der Waals surface area contributed by atoms with Crippen molar-refractivity contribution in [3.63, 3.8) is 0 Å². The van der Waals surface area contributed by atoms with Gasteiger partial charge in [-0.2, -0.15) is 18.6 Å². The fourth-order valence-corrected chi connectivity index (χ4v) is 1.81. The summed E-state index contributed by atoms with van der Waals surface area (Å²) in [4.78, 5) is 11.9. The number of benzene rings is 1. The fraction of sp³-hybridized carbons (Fsp3) is 0.333. The van der Waals surface area contributed by atoms with E-state index in [1.165, 1.54) is 14.0 Å². The summed E-state index contributed by atoms with van der Waals surface area (Å²) < 4.78 is 31.8. The number of hydrogen-bond donors (Lipinski definition) is 0. The third kappa shape index (κ3) is 2.23. The lowest BCUT2D eigenvalue weighted by Crippen LogP contribution is -2.24. The van der Waals surface area contributed by atoms with Gasteiger partial charge in [0.25, 0.3) is 0 Å². The van der Waals surface area contributed by atoms with Crippen LogP contribution in [0.4, 0.5) is 8.78 Å².